The lowest BCUT2D eigenvalue weighted by atomic mass is 9.98. The van der Waals surface area contributed by atoms with E-state index in [1.807, 2.05) is 0 Å². The van der Waals surface area contributed by atoms with Crippen molar-refractivity contribution in [3.05, 3.63) is 30.3 Å². The van der Waals surface area contributed by atoms with E-state index >= 15 is 0 Å². The summed E-state index contributed by atoms with van der Waals surface area (Å²) in [6.45, 7) is 1.68. The first-order valence-electron chi connectivity index (χ1n) is 6.40. The number of hydrogen-bond donors (Lipinski definition) is 2. The Morgan fingerprint density at radius 1 is 1.37 bits per heavy atom. The standard InChI is InChI=1S/C13H17NO4S/c1-8(15)12-10(7-11-13(12)18-11)14-19(16,17)9-5-3-2-4-6-9/h2-6,8,10-15H,7H2,1H3/t8?,10-,11+,12+,13+/m0/s1. The van der Waals surface area contributed by atoms with Crippen molar-refractivity contribution in [2.75, 3.05) is 0 Å². The van der Waals surface area contributed by atoms with Crippen molar-refractivity contribution in [3.63, 3.8) is 0 Å². The maximum absolute atomic E-state index is 12.2. The molecule has 0 radical (unpaired) electrons. The summed E-state index contributed by atoms with van der Waals surface area (Å²) >= 11 is 0. The SMILES string of the molecule is CC(O)[C@H]1[C@@H]2O[C@@H]2C[C@@H]1NS(=O)(=O)c1ccccc1. The summed E-state index contributed by atoms with van der Waals surface area (Å²) in [6.07, 6.45) is 0.152. The van der Waals surface area contributed by atoms with Crippen LogP contribution in [-0.4, -0.2) is 37.9 Å². The molecule has 1 aliphatic carbocycles. The highest BCUT2D eigenvalue weighted by molar-refractivity contribution is 7.89. The van der Waals surface area contributed by atoms with Gasteiger partial charge in [-0.2, -0.15) is 0 Å². The summed E-state index contributed by atoms with van der Waals surface area (Å²) in [5, 5.41) is 9.77. The minimum atomic E-state index is -3.53. The maximum Gasteiger partial charge on any atom is 0.240 e. The van der Waals surface area contributed by atoms with Gasteiger partial charge in [-0.05, 0) is 25.5 Å². The summed E-state index contributed by atoms with van der Waals surface area (Å²) in [4.78, 5) is 0.251. The van der Waals surface area contributed by atoms with Gasteiger partial charge in [0.1, 0.15) is 0 Å². The van der Waals surface area contributed by atoms with E-state index < -0.39 is 16.1 Å². The van der Waals surface area contributed by atoms with Gasteiger partial charge in [-0.1, -0.05) is 18.2 Å². The topological polar surface area (TPSA) is 78.9 Å². The van der Waals surface area contributed by atoms with Crippen LogP contribution in [0.5, 0.6) is 0 Å². The number of benzene rings is 1. The number of aliphatic hydroxyl groups is 1. The third kappa shape index (κ3) is 2.41. The van der Waals surface area contributed by atoms with Gasteiger partial charge in [0.15, 0.2) is 0 Å². The molecule has 5 nitrogen and oxygen atoms in total. The van der Waals surface area contributed by atoms with Gasteiger partial charge in [-0.25, -0.2) is 13.1 Å². The Bertz CT molecular complexity index is 557. The van der Waals surface area contributed by atoms with Gasteiger partial charge in [-0.15, -0.1) is 0 Å². The molecule has 1 aromatic rings. The number of hydrogen-bond acceptors (Lipinski definition) is 4. The Balaban J connectivity index is 1.78. The highest BCUT2D eigenvalue weighted by Gasteiger charge is 2.57. The number of ether oxygens (including phenoxy) is 1. The van der Waals surface area contributed by atoms with Crippen LogP contribution in [0, 0.1) is 5.92 Å². The van der Waals surface area contributed by atoms with Crippen molar-refractivity contribution in [2.24, 2.45) is 5.92 Å². The quantitative estimate of drug-likeness (QED) is 0.789. The first kappa shape index (κ1) is 13.1. The first-order chi connectivity index (χ1) is 8.99. The maximum atomic E-state index is 12.2. The molecule has 2 N–H and O–H groups in total. The smallest absolute Gasteiger partial charge is 0.240 e. The lowest BCUT2D eigenvalue weighted by Crippen LogP contribution is -2.43. The van der Waals surface area contributed by atoms with Crippen LogP contribution in [0.4, 0.5) is 0 Å². The number of aliphatic hydroxyl groups excluding tert-OH is 1. The molecule has 6 heteroatoms. The molecular formula is C13H17NO4S. The summed E-state index contributed by atoms with van der Waals surface area (Å²) < 4.78 is 32.6. The molecule has 1 aromatic carbocycles. The van der Waals surface area contributed by atoms with E-state index in [1.165, 1.54) is 0 Å². The second-order valence-electron chi connectivity index (χ2n) is 5.23. The molecule has 0 bridgehead atoms. The zero-order valence-electron chi connectivity index (χ0n) is 10.6. The molecule has 0 spiro atoms. The molecule has 1 unspecified atom stereocenters. The lowest BCUT2D eigenvalue weighted by Gasteiger charge is -2.25. The van der Waals surface area contributed by atoms with Gasteiger partial charge >= 0.3 is 0 Å². The van der Waals surface area contributed by atoms with E-state index in [4.69, 9.17) is 4.74 Å². The first-order valence-corrected chi connectivity index (χ1v) is 7.88. The molecule has 1 aliphatic heterocycles. The molecule has 1 heterocycles. The van der Waals surface area contributed by atoms with Crippen LogP contribution in [0.1, 0.15) is 13.3 Å². The van der Waals surface area contributed by atoms with Crippen molar-refractivity contribution in [1.29, 1.82) is 0 Å². The van der Waals surface area contributed by atoms with Crippen molar-refractivity contribution < 1.29 is 18.3 Å². The van der Waals surface area contributed by atoms with E-state index in [0.29, 0.717) is 6.42 Å². The van der Waals surface area contributed by atoms with Gasteiger partial charge < -0.3 is 9.84 Å². The number of sulfonamides is 1. The van der Waals surface area contributed by atoms with Crippen molar-refractivity contribution in [2.45, 2.75) is 42.6 Å². The number of fused-ring (bicyclic) bond motifs is 1. The highest BCUT2D eigenvalue weighted by atomic mass is 32.2. The fraction of sp³-hybridized carbons (Fsp3) is 0.538. The average Bonchev–Trinajstić information content (AvgIpc) is 3.01. The molecule has 5 atom stereocenters. The van der Waals surface area contributed by atoms with Gasteiger partial charge in [-0.3, -0.25) is 0 Å². The van der Waals surface area contributed by atoms with E-state index in [0.717, 1.165) is 0 Å². The molecule has 2 aliphatic rings. The molecule has 1 saturated heterocycles. The summed E-state index contributed by atoms with van der Waals surface area (Å²) in [7, 11) is -3.53. The fourth-order valence-corrected chi connectivity index (χ4v) is 4.23. The summed E-state index contributed by atoms with van der Waals surface area (Å²) in [5.41, 5.74) is 0. The van der Waals surface area contributed by atoms with Crippen molar-refractivity contribution in [1.82, 2.24) is 4.72 Å². The Kier molecular flexibility index (Phi) is 3.13. The lowest BCUT2D eigenvalue weighted by molar-refractivity contribution is 0.0810. The third-order valence-corrected chi connectivity index (χ3v) is 5.37. The number of rotatable bonds is 4. The second-order valence-corrected chi connectivity index (χ2v) is 6.95. The average molecular weight is 283 g/mol. The molecule has 0 aromatic heterocycles. The Morgan fingerprint density at radius 2 is 2.05 bits per heavy atom. The molecular weight excluding hydrogens is 266 g/mol. The molecule has 1 saturated carbocycles. The fourth-order valence-electron chi connectivity index (χ4n) is 2.93. The van der Waals surface area contributed by atoms with E-state index in [1.54, 1.807) is 37.3 Å². The Hall–Kier alpha value is -0.950. The van der Waals surface area contributed by atoms with Crippen LogP contribution in [0.3, 0.4) is 0 Å². The molecule has 104 valence electrons. The van der Waals surface area contributed by atoms with Crippen LogP contribution < -0.4 is 4.72 Å². The molecule has 19 heavy (non-hydrogen) atoms. The summed E-state index contributed by atoms with van der Waals surface area (Å²) in [5.74, 6) is -0.163. The minimum absolute atomic E-state index is 0.00322. The van der Waals surface area contributed by atoms with Gasteiger partial charge in [0.05, 0.1) is 23.2 Å². The molecule has 0 amide bonds. The van der Waals surface area contributed by atoms with Crippen LogP contribution in [-0.2, 0) is 14.8 Å². The number of epoxide rings is 1. The van der Waals surface area contributed by atoms with Crippen molar-refractivity contribution in [3.8, 4) is 0 Å². The van der Waals surface area contributed by atoms with E-state index in [2.05, 4.69) is 4.72 Å². The van der Waals surface area contributed by atoms with Gasteiger partial charge in [0.25, 0.3) is 0 Å². The Labute approximate surface area is 112 Å². The largest absolute Gasteiger partial charge is 0.393 e. The Morgan fingerprint density at radius 3 is 2.68 bits per heavy atom. The van der Waals surface area contributed by atoms with Crippen LogP contribution >= 0.6 is 0 Å². The second kappa shape index (κ2) is 4.56. The molecule has 2 fully saturated rings. The predicted molar refractivity (Wildman–Crippen MR) is 69.0 cm³/mol. The van der Waals surface area contributed by atoms with Gasteiger partial charge in [0.2, 0.25) is 10.0 Å². The highest BCUT2D eigenvalue weighted by Crippen LogP contribution is 2.45. The van der Waals surface area contributed by atoms with Crippen LogP contribution in [0.2, 0.25) is 0 Å². The van der Waals surface area contributed by atoms with Crippen LogP contribution in [0.15, 0.2) is 35.2 Å². The van der Waals surface area contributed by atoms with E-state index in [-0.39, 0.29) is 29.1 Å². The van der Waals surface area contributed by atoms with Crippen molar-refractivity contribution >= 4 is 10.0 Å². The third-order valence-electron chi connectivity index (χ3n) is 3.87. The normalized spacial score (nSPS) is 34.8. The zero-order chi connectivity index (χ0) is 13.6. The van der Waals surface area contributed by atoms with Gasteiger partial charge in [0, 0.05) is 12.0 Å². The minimum Gasteiger partial charge on any atom is -0.393 e. The monoisotopic (exact) mass is 283 g/mol. The van der Waals surface area contributed by atoms with E-state index in [9.17, 15) is 13.5 Å². The summed E-state index contributed by atoms with van der Waals surface area (Å²) in [6, 6.07) is 8.02. The number of nitrogens with one attached hydrogen (secondary N) is 1. The zero-order valence-corrected chi connectivity index (χ0v) is 11.4. The van der Waals surface area contributed by atoms with Crippen LogP contribution in [0.25, 0.3) is 0 Å². The molecule has 3 rings (SSSR count). The predicted octanol–water partition coefficient (Wildman–Crippen LogP) is 0.502.